The summed E-state index contributed by atoms with van der Waals surface area (Å²) in [5, 5.41) is 9.19. The molecule has 1 N–H and O–H groups in total. The van der Waals surface area contributed by atoms with Gasteiger partial charge in [0.25, 0.3) is 0 Å². The van der Waals surface area contributed by atoms with Crippen LogP contribution < -0.4 is 4.74 Å². The maximum absolute atomic E-state index is 12.3. The first-order valence-electron chi connectivity index (χ1n) is 7.79. The number of piperidine rings is 1. The molecule has 2 rings (SSSR count). The van der Waals surface area contributed by atoms with Gasteiger partial charge in [-0.15, -0.1) is 0 Å². The third kappa shape index (κ3) is 4.23. The van der Waals surface area contributed by atoms with Gasteiger partial charge >= 0.3 is 5.97 Å². The van der Waals surface area contributed by atoms with Crippen molar-refractivity contribution in [2.24, 2.45) is 5.92 Å². The zero-order valence-corrected chi connectivity index (χ0v) is 12.9. The maximum atomic E-state index is 12.3. The Hall–Kier alpha value is -2.04. The van der Waals surface area contributed by atoms with Gasteiger partial charge in [0.1, 0.15) is 5.75 Å². The number of aliphatic carboxylic acids is 1. The first kappa shape index (κ1) is 16.3. The Balaban J connectivity index is 1.76. The fourth-order valence-electron chi connectivity index (χ4n) is 2.90. The van der Waals surface area contributed by atoms with Crippen molar-refractivity contribution in [3.63, 3.8) is 0 Å². The molecule has 1 fully saturated rings. The van der Waals surface area contributed by atoms with Crippen molar-refractivity contribution in [3.8, 4) is 5.75 Å². The van der Waals surface area contributed by atoms with Crippen LogP contribution in [-0.4, -0.2) is 41.1 Å². The fraction of sp³-hybridized carbons (Fsp3) is 0.529. The highest BCUT2D eigenvalue weighted by molar-refractivity contribution is 5.78. The zero-order chi connectivity index (χ0) is 15.9. The maximum Gasteiger partial charge on any atom is 0.308 e. The number of hydrogen-bond acceptors (Lipinski definition) is 3. The molecule has 0 unspecified atom stereocenters. The SMILES string of the molecule is C[C@@H]1[C@H](C(=O)O)CCCN1C(=O)CCCOc1ccccc1. The Morgan fingerprint density at radius 2 is 2.05 bits per heavy atom. The fourth-order valence-corrected chi connectivity index (χ4v) is 2.90. The molecular formula is C17H23NO4. The second-order valence-corrected chi connectivity index (χ2v) is 5.68. The van der Waals surface area contributed by atoms with Crippen LogP contribution in [0.5, 0.6) is 5.75 Å². The average Bonchev–Trinajstić information content (AvgIpc) is 2.52. The van der Waals surface area contributed by atoms with Gasteiger partial charge < -0.3 is 14.7 Å². The summed E-state index contributed by atoms with van der Waals surface area (Å²) in [7, 11) is 0. The van der Waals surface area contributed by atoms with Gasteiger partial charge in [-0.1, -0.05) is 18.2 Å². The third-order valence-corrected chi connectivity index (χ3v) is 4.17. The van der Waals surface area contributed by atoms with Gasteiger partial charge in [0, 0.05) is 19.0 Å². The molecule has 0 saturated carbocycles. The standard InChI is InChI=1S/C17H23NO4/c1-13-15(17(20)21)9-5-11-18(13)16(19)10-6-12-22-14-7-3-2-4-8-14/h2-4,7-8,13,15H,5-6,9-12H2,1H3,(H,20,21)/t13-,15-/m1/s1. The molecule has 5 nitrogen and oxygen atoms in total. The molecule has 0 bridgehead atoms. The van der Waals surface area contributed by atoms with Crippen LogP contribution in [0.2, 0.25) is 0 Å². The number of rotatable bonds is 6. The highest BCUT2D eigenvalue weighted by Crippen LogP contribution is 2.24. The lowest BCUT2D eigenvalue weighted by Crippen LogP contribution is -2.49. The van der Waals surface area contributed by atoms with Gasteiger partial charge in [0.2, 0.25) is 5.91 Å². The van der Waals surface area contributed by atoms with E-state index in [1.807, 2.05) is 37.3 Å². The number of benzene rings is 1. The summed E-state index contributed by atoms with van der Waals surface area (Å²) in [6.45, 7) is 2.97. The van der Waals surface area contributed by atoms with E-state index in [9.17, 15) is 14.7 Å². The third-order valence-electron chi connectivity index (χ3n) is 4.17. The Bertz CT molecular complexity index is 503. The Kier molecular flexibility index (Phi) is 5.81. The monoisotopic (exact) mass is 305 g/mol. The lowest BCUT2D eigenvalue weighted by atomic mass is 9.90. The molecule has 1 aromatic carbocycles. The highest BCUT2D eigenvalue weighted by Gasteiger charge is 2.34. The van der Waals surface area contributed by atoms with Crippen LogP contribution >= 0.6 is 0 Å². The van der Waals surface area contributed by atoms with Crippen molar-refractivity contribution in [1.29, 1.82) is 0 Å². The molecule has 120 valence electrons. The molecule has 1 aromatic rings. The molecule has 0 spiro atoms. The van der Waals surface area contributed by atoms with Crippen LogP contribution in [0.1, 0.15) is 32.6 Å². The van der Waals surface area contributed by atoms with E-state index in [0.717, 1.165) is 12.2 Å². The summed E-state index contributed by atoms with van der Waals surface area (Å²) in [6, 6.07) is 9.27. The Morgan fingerprint density at radius 1 is 1.32 bits per heavy atom. The molecule has 2 atom stereocenters. The highest BCUT2D eigenvalue weighted by atomic mass is 16.5. The number of nitrogens with zero attached hydrogens (tertiary/aromatic N) is 1. The van der Waals surface area contributed by atoms with E-state index < -0.39 is 11.9 Å². The number of amides is 1. The number of carboxylic acid groups (broad SMARTS) is 1. The normalized spacial score (nSPS) is 21.4. The number of carboxylic acids is 1. The van der Waals surface area contributed by atoms with Gasteiger partial charge in [-0.25, -0.2) is 0 Å². The first-order valence-corrected chi connectivity index (χ1v) is 7.79. The van der Waals surface area contributed by atoms with Crippen LogP contribution in [0.25, 0.3) is 0 Å². The molecular weight excluding hydrogens is 282 g/mol. The van der Waals surface area contributed by atoms with Crippen molar-refractivity contribution >= 4 is 11.9 Å². The van der Waals surface area contributed by atoms with Crippen molar-refractivity contribution in [1.82, 2.24) is 4.90 Å². The summed E-state index contributed by atoms with van der Waals surface area (Å²) in [5.74, 6) is -0.432. The smallest absolute Gasteiger partial charge is 0.308 e. The minimum absolute atomic E-state index is 0.0233. The van der Waals surface area contributed by atoms with E-state index in [4.69, 9.17) is 4.74 Å². The van der Waals surface area contributed by atoms with Crippen LogP contribution in [0.4, 0.5) is 0 Å². The topological polar surface area (TPSA) is 66.8 Å². The zero-order valence-electron chi connectivity index (χ0n) is 12.9. The van der Waals surface area contributed by atoms with Gasteiger partial charge in [-0.3, -0.25) is 9.59 Å². The quantitative estimate of drug-likeness (QED) is 0.820. The predicted molar refractivity (Wildman–Crippen MR) is 82.7 cm³/mol. The van der Waals surface area contributed by atoms with Crippen molar-refractivity contribution in [2.75, 3.05) is 13.2 Å². The van der Waals surface area contributed by atoms with Gasteiger partial charge in [-0.05, 0) is 38.3 Å². The molecule has 0 aromatic heterocycles. The lowest BCUT2D eigenvalue weighted by Gasteiger charge is -2.37. The van der Waals surface area contributed by atoms with E-state index in [-0.39, 0.29) is 11.9 Å². The van der Waals surface area contributed by atoms with E-state index in [0.29, 0.717) is 32.4 Å². The van der Waals surface area contributed by atoms with Crippen LogP contribution in [-0.2, 0) is 9.59 Å². The molecule has 0 aliphatic carbocycles. The summed E-state index contributed by atoms with van der Waals surface area (Å²) >= 11 is 0. The van der Waals surface area contributed by atoms with Crippen molar-refractivity contribution in [3.05, 3.63) is 30.3 Å². The number of hydrogen-bond donors (Lipinski definition) is 1. The molecule has 1 heterocycles. The Labute approximate surface area is 130 Å². The summed E-state index contributed by atoms with van der Waals surface area (Å²) in [6.07, 6.45) is 2.43. The first-order chi connectivity index (χ1) is 10.6. The van der Waals surface area contributed by atoms with Crippen LogP contribution in [0, 0.1) is 5.92 Å². The molecule has 22 heavy (non-hydrogen) atoms. The largest absolute Gasteiger partial charge is 0.494 e. The number of ether oxygens (including phenoxy) is 1. The van der Waals surface area contributed by atoms with Crippen LogP contribution in [0.15, 0.2) is 30.3 Å². The lowest BCUT2D eigenvalue weighted by molar-refractivity contribution is -0.149. The predicted octanol–water partition coefficient (Wildman–Crippen LogP) is 2.56. The minimum atomic E-state index is -0.808. The van der Waals surface area contributed by atoms with E-state index in [1.54, 1.807) is 4.90 Å². The van der Waals surface area contributed by atoms with E-state index in [2.05, 4.69) is 0 Å². The van der Waals surface area contributed by atoms with Crippen LogP contribution in [0.3, 0.4) is 0 Å². The van der Waals surface area contributed by atoms with Crippen molar-refractivity contribution in [2.45, 2.75) is 38.6 Å². The minimum Gasteiger partial charge on any atom is -0.494 e. The molecule has 1 aliphatic heterocycles. The average molecular weight is 305 g/mol. The molecule has 0 radical (unpaired) electrons. The summed E-state index contributed by atoms with van der Waals surface area (Å²) in [5.41, 5.74) is 0. The number of para-hydroxylation sites is 1. The van der Waals surface area contributed by atoms with Gasteiger partial charge in [0.15, 0.2) is 0 Å². The van der Waals surface area contributed by atoms with Gasteiger partial charge in [-0.2, -0.15) is 0 Å². The molecule has 1 aliphatic rings. The van der Waals surface area contributed by atoms with E-state index >= 15 is 0 Å². The van der Waals surface area contributed by atoms with Gasteiger partial charge in [0.05, 0.1) is 12.5 Å². The summed E-state index contributed by atoms with van der Waals surface area (Å²) < 4.78 is 5.57. The number of carbonyl (C=O) groups excluding carboxylic acids is 1. The second-order valence-electron chi connectivity index (χ2n) is 5.68. The van der Waals surface area contributed by atoms with E-state index in [1.165, 1.54) is 0 Å². The number of likely N-dealkylation sites (tertiary alicyclic amines) is 1. The molecule has 1 amide bonds. The summed E-state index contributed by atoms with van der Waals surface area (Å²) in [4.78, 5) is 25.2. The molecule has 5 heteroatoms. The number of carbonyl (C=O) groups is 2. The Morgan fingerprint density at radius 3 is 2.73 bits per heavy atom. The van der Waals surface area contributed by atoms with Crippen molar-refractivity contribution < 1.29 is 19.4 Å². The second kappa shape index (κ2) is 7.82. The molecule has 1 saturated heterocycles.